The second-order valence-electron chi connectivity index (χ2n) is 8.27. The van der Waals surface area contributed by atoms with E-state index in [1.165, 1.54) is 0 Å². The third kappa shape index (κ3) is 10.2. The zero-order chi connectivity index (χ0) is 22.0. The number of rotatable bonds is 12. The highest BCUT2D eigenvalue weighted by atomic mass is 16.4. The summed E-state index contributed by atoms with van der Waals surface area (Å²) in [5, 5.41) is 16.8. The third-order valence-electron chi connectivity index (χ3n) is 4.12. The molecule has 28 heavy (non-hydrogen) atoms. The van der Waals surface area contributed by atoms with Crippen molar-refractivity contribution in [2.75, 3.05) is 6.54 Å². The van der Waals surface area contributed by atoms with Crippen LogP contribution in [0.25, 0.3) is 0 Å². The standard InChI is InChI=1S/C19H36N4O5/c1-10(2)7-13(17(25)23-14(19(27)28)8-11(3)4)22-15(24)9-21-18(26)16(20)12(5)6/h10-14,16H,7-9,20H2,1-6H3,(H,21,26)(H,22,24)(H,23,25)(H,27,28). The van der Waals surface area contributed by atoms with Gasteiger partial charge in [0.05, 0.1) is 12.6 Å². The zero-order valence-electron chi connectivity index (χ0n) is 17.7. The van der Waals surface area contributed by atoms with Crippen LogP contribution in [0.1, 0.15) is 54.4 Å². The van der Waals surface area contributed by atoms with Gasteiger partial charge >= 0.3 is 5.97 Å². The minimum Gasteiger partial charge on any atom is -0.480 e. The summed E-state index contributed by atoms with van der Waals surface area (Å²) in [4.78, 5) is 47.9. The maximum Gasteiger partial charge on any atom is 0.326 e. The third-order valence-corrected chi connectivity index (χ3v) is 4.12. The summed E-state index contributed by atoms with van der Waals surface area (Å²) in [6, 6.07) is -2.64. The van der Waals surface area contributed by atoms with Crippen molar-refractivity contribution in [3.05, 3.63) is 0 Å². The van der Waals surface area contributed by atoms with Crippen molar-refractivity contribution in [3.63, 3.8) is 0 Å². The largest absolute Gasteiger partial charge is 0.480 e. The highest BCUT2D eigenvalue weighted by Gasteiger charge is 2.28. The summed E-state index contributed by atoms with van der Waals surface area (Å²) in [5.74, 6) is -2.56. The number of nitrogens with two attached hydrogens (primary N) is 1. The molecule has 0 spiro atoms. The van der Waals surface area contributed by atoms with Crippen LogP contribution in [0.4, 0.5) is 0 Å². The molecule has 0 aliphatic heterocycles. The number of amides is 3. The van der Waals surface area contributed by atoms with Crippen molar-refractivity contribution in [1.82, 2.24) is 16.0 Å². The van der Waals surface area contributed by atoms with E-state index in [-0.39, 0.29) is 30.7 Å². The van der Waals surface area contributed by atoms with Gasteiger partial charge in [0.2, 0.25) is 17.7 Å². The van der Waals surface area contributed by atoms with E-state index in [2.05, 4.69) is 16.0 Å². The van der Waals surface area contributed by atoms with Crippen molar-refractivity contribution in [2.45, 2.75) is 72.5 Å². The lowest BCUT2D eigenvalue weighted by molar-refractivity contribution is -0.142. The average molecular weight is 401 g/mol. The van der Waals surface area contributed by atoms with Gasteiger partial charge in [-0.1, -0.05) is 41.5 Å². The lowest BCUT2D eigenvalue weighted by Gasteiger charge is -2.23. The van der Waals surface area contributed by atoms with Gasteiger partial charge in [-0.2, -0.15) is 0 Å². The van der Waals surface area contributed by atoms with Crippen molar-refractivity contribution in [2.24, 2.45) is 23.5 Å². The van der Waals surface area contributed by atoms with Crippen molar-refractivity contribution < 1.29 is 24.3 Å². The smallest absolute Gasteiger partial charge is 0.326 e. The monoisotopic (exact) mass is 400 g/mol. The minimum atomic E-state index is -1.12. The van der Waals surface area contributed by atoms with Gasteiger partial charge in [-0.05, 0) is 30.6 Å². The Morgan fingerprint density at radius 1 is 0.821 bits per heavy atom. The minimum absolute atomic E-state index is 0.0727. The Hall–Kier alpha value is -2.16. The molecule has 162 valence electrons. The number of hydrogen-bond acceptors (Lipinski definition) is 5. The van der Waals surface area contributed by atoms with E-state index in [1.54, 1.807) is 13.8 Å². The summed E-state index contributed by atoms with van der Waals surface area (Å²) in [6.07, 6.45) is 0.623. The van der Waals surface area contributed by atoms with E-state index in [0.717, 1.165) is 0 Å². The molecule has 0 fully saturated rings. The van der Waals surface area contributed by atoms with Gasteiger partial charge in [0, 0.05) is 0 Å². The highest BCUT2D eigenvalue weighted by Crippen LogP contribution is 2.09. The second-order valence-corrected chi connectivity index (χ2v) is 8.27. The van der Waals surface area contributed by atoms with E-state index < -0.39 is 41.8 Å². The number of nitrogens with one attached hydrogen (secondary N) is 3. The fourth-order valence-electron chi connectivity index (χ4n) is 2.50. The summed E-state index contributed by atoms with van der Waals surface area (Å²) < 4.78 is 0. The molecular formula is C19H36N4O5. The number of carbonyl (C=O) groups is 4. The Kier molecular flexibility index (Phi) is 11.4. The van der Waals surface area contributed by atoms with Gasteiger partial charge in [-0.15, -0.1) is 0 Å². The first-order valence-electron chi connectivity index (χ1n) is 9.70. The molecule has 0 aliphatic rings. The molecule has 0 saturated heterocycles. The number of carbonyl (C=O) groups excluding carboxylic acids is 3. The Balaban J connectivity index is 4.92. The summed E-state index contributed by atoms with van der Waals surface area (Å²) >= 11 is 0. The van der Waals surface area contributed by atoms with Crippen molar-refractivity contribution in [3.8, 4) is 0 Å². The number of carboxylic acids is 1. The van der Waals surface area contributed by atoms with Crippen LogP contribution < -0.4 is 21.7 Å². The first kappa shape index (κ1) is 25.8. The Morgan fingerprint density at radius 2 is 1.32 bits per heavy atom. The molecule has 0 aliphatic carbocycles. The molecule has 0 aromatic rings. The normalized spacial score (nSPS) is 14.5. The van der Waals surface area contributed by atoms with Crippen LogP contribution >= 0.6 is 0 Å². The molecule has 0 aromatic heterocycles. The van der Waals surface area contributed by atoms with Crippen LogP contribution in [-0.2, 0) is 19.2 Å². The van der Waals surface area contributed by atoms with Crippen molar-refractivity contribution in [1.29, 1.82) is 0 Å². The van der Waals surface area contributed by atoms with Crippen molar-refractivity contribution >= 4 is 23.7 Å². The van der Waals surface area contributed by atoms with Gasteiger partial charge in [0.25, 0.3) is 0 Å². The fourth-order valence-corrected chi connectivity index (χ4v) is 2.50. The summed E-state index contributed by atoms with van der Waals surface area (Å²) in [6.45, 7) is 10.8. The molecule has 0 heterocycles. The molecule has 0 radical (unpaired) electrons. The van der Waals surface area contributed by atoms with Crippen LogP contribution in [0.15, 0.2) is 0 Å². The average Bonchev–Trinajstić information content (AvgIpc) is 2.56. The van der Waals surface area contributed by atoms with E-state index in [1.807, 2.05) is 27.7 Å². The lowest BCUT2D eigenvalue weighted by atomic mass is 10.0. The molecule has 9 heteroatoms. The van der Waals surface area contributed by atoms with E-state index in [4.69, 9.17) is 5.73 Å². The van der Waals surface area contributed by atoms with Crippen LogP contribution in [0.2, 0.25) is 0 Å². The molecule has 6 N–H and O–H groups in total. The van der Waals surface area contributed by atoms with E-state index >= 15 is 0 Å². The Labute approximate surface area is 167 Å². The molecule has 0 bridgehead atoms. The van der Waals surface area contributed by atoms with Crippen LogP contribution in [0.5, 0.6) is 0 Å². The molecular weight excluding hydrogens is 364 g/mol. The Bertz CT molecular complexity index is 548. The van der Waals surface area contributed by atoms with Gasteiger partial charge in [0.15, 0.2) is 0 Å². The summed E-state index contributed by atoms with van der Waals surface area (Å²) in [5.41, 5.74) is 5.72. The van der Waals surface area contributed by atoms with Crippen LogP contribution in [-0.4, -0.2) is 53.5 Å². The maximum absolute atomic E-state index is 12.5. The lowest BCUT2D eigenvalue weighted by Crippen LogP contribution is -2.54. The predicted molar refractivity (Wildman–Crippen MR) is 106 cm³/mol. The SMILES string of the molecule is CC(C)CC(NC(=O)C(CC(C)C)NC(=O)CNC(=O)C(N)C(C)C)C(=O)O. The van der Waals surface area contributed by atoms with Gasteiger partial charge in [-0.3, -0.25) is 14.4 Å². The first-order valence-corrected chi connectivity index (χ1v) is 9.70. The fraction of sp³-hybridized carbons (Fsp3) is 0.789. The predicted octanol–water partition coefficient (Wildman–Crippen LogP) is 0.232. The first-order chi connectivity index (χ1) is 12.8. The van der Waals surface area contributed by atoms with Gasteiger partial charge in [0.1, 0.15) is 12.1 Å². The second kappa shape index (κ2) is 12.3. The maximum atomic E-state index is 12.5. The topological polar surface area (TPSA) is 151 Å². The quantitative estimate of drug-likeness (QED) is 0.316. The van der Waals surface area contributed by atoms with E-state index in [9.17, 15) is 24.3 Å². The van der Waals surface area contributed by atoms with E-state index in [0.29, 0.717) is 6.42 Å². The molecule has 9 nitrogen and oxygen atoms in total. The number of aliphatic carboxylic acids is 1. The molecule has 3 amide bonds. The molecule has 0 rings (SSSR count). The highest BCUT2D eigenvalue weighted by molar-refractivity contribution is 5.92. The zero-order valence-corrected chi connectivity index (χ0v) is 17.7. The van der Waals surface area contributed by atoms with Gasteiger partial charge in [-0.25, -0.2) is 4.79 Å². The summed E-state index contributed by atoms with van der Waals surface area (Å²) in [7, 11) is 0. The molecule has 0 aromatic carbocycles. The van der Waals surface area contributed by atoms with Crippen LogP contribution in [0.3, 0.4) is 0 Å². The Morgan fingerprint density at radius 3 is 1.75 bits per heavy atom. The molecule has 3 atom stereocenters. The molecule has 0 saturated carbocycles. The number of hydrogen-bond donors (Lipinski definition) is 5. The van der Waals surface area contributed by atoms with Crippen LogP contribution in [0, 0.1) is 17.8 Å². The molecule has 3 unspecified atom stereocenters. The van der Waals surface area contributed by atoms with Gasteiger partial charge < -0.3 is 26.8 Å². The number of carboxylic acid groups (broad SMARTS) is 1.